The highest BCUT2D eigenvalue weighted by Gasteiger charge is 2.19. The molecule has 0 amide bonds. The molecule has 0 atom stereocenters. The summed E-state index contributed by atoms with van der Waals surface area (Å²) in [6, 6.07) is 1.99. The smallest absolute Gasteiger partial charge is 0.191 e. The summed E-state index contributed by atoms with van der Waals surface area (Å²) >= 11 is 0. The van der Waals surface area contributed by atoms with Crippen LogP contribution in [0.3, 0.4) is 0 Å². The minimum absolute atomic E-state index is 0. The van der Waals surface area contributed by atoms with Gasteiger partial charge in [-0.25, -0.2) is 0 Å². The molecule has 0 aliphatic heterocycles. The molecule has 1 heterocycles. The molecule has 1 rings (SSSR count). The fourth-order valence-corrected chi connectivity index (χ4v) is 2.31. The Kier molecular flexibility index (Phi) is 9.76. The Bertz CT molecular complexity index is 483. The Morgan fingerprint density at radius 3 is 2.48 bits per heavy atom. The summed E-state index contributed by atoms with van der Waals surface area (Å²) in [5, 5.41) is 10.7. The van der Waals surface area contributed by atoms with Gasteiger partial charge < -0.3 is 20.1 Å². The number of hydrogen-bond acceptors (Lipinski definition) is 4. The maximum Gasteiger partial charge on any atom is 0.191 e. The van der Waals surface area contributed by atoms with E-state index in [0.717, 1.165) is 30.5 Å². The van der Waals surface area contributed by atoms with E-state index in [0.29, 0.717) is 12.5 Å². The van der Waals surface area contributed by atoms with Crippen molar-refractivity contribution < 1.29 is 4.52 Å². The Morgan fingerprint density at radius 1 is 1.35 bits per heavy atom. The van der Waals surface area contributed by atoms with Gasteiger partial charge in [0.2, 0.25) is 0 Å². The van der Waals surface area contributed by atoms with Gasteiger partial charge in [-0.05, 0) is 25.4 Å². The van der Waals surface area contributed by atoms with Gasteiger partial charge in [0.25, 0.3) is 0 Å². The molecular formula is C16H32IN5O. The third-order valence-corrected chi connectivity index (χ3v) is 3.30. The van der Waals surface area contributed by atoms with Crippen LogP contribution < -0.4 is 10.6 Å². The molecule has 6 nitrogen and oxygen atoms in total. The van der Waals surface area contributed by atoms with E-state index >= 15 is 0 Å². The molecule has 0 aromatic carbocycles. The largest absolute Gasteiger partial charge is 0.359 e. The number of aliphatic imine (C=N–C) groups is 1. The SMILES string of the molecule is CN=C(NCc1cc(C(C)C)no1)NCC(C)(C)CN(C)C.I. The topological polar surface area (TPSA) is 65.7 Å². The summed E-state index contributed by atoms with van der Waals surface area (Å²) in [4.78, 5) is 6.44. The molecule has 0 unspecified atom stereocenters. The van der Waals surface area contributed by atoms with Crippen LogP contribution in [0, 0.1) is 5.41 Å². The fourth-order valence-electron chi connectivity index (χ4n) is 2.31. The lowest BCUT2D eigenvalue weighted by atomic mass is 9.93. The van der Waals surface area contributed by atoms with Crippen molar-refractivity contribution >= 4 is 29.9 Å². The number of halogens is 1. The van der Waals surface area contributed by atoms with Crippen LogP contribution in [-0.2, 0) is 6.54 Å². The lowest BCUT2D eigenvalue weighted by Crippen LogP contribution is -2.44. The summed E-state index contributed by atoms with van der Waals surface area (Å²) in [5.41, 5.74) is 1.14. The first kappa shape index (κ1) is 22.2. The van der Waals surface area contributed by atoms with Crippen molar-refractivity contribution in [1.82, 2.24) is 20.7 Å². The highest BCUT2D eigenvalue weighted by molar-refractivity contribution is 14.0. The summed E-state index contributed by atoms with van der Waals surface area (Å²) < 4.78 is 5.32. The van der Waals surface area contributed by atoms with Crippen molar-refractivity contribution in [2.75, 3.05) is 34.2 Å². The van der Waals surface area contributed by atoms with Gasteiger partial charge in [0.15, 0.2) is 11.7 Å². The van der Waals surface area contributed by atoms with Gasteiger partial charge in [0, 0.05) is 26.2 Å². The number of nitrogens with zero attached hydrogens (tertiary/aromatic N) is 3. The minimum atomic E-state index is 0. The number of nitrogens with one attached hydrogen (secondary N) is 2. The first-order chi connectivity index (χ1) is 10.2. The first-order valence-corrected chi connectivity index (χ1v) is 7.78. The normalized spacial score (nSPS) is 12.5. The van der Waals surface area contributed by atoms with Gasteiger partial charge >= 0.3 is 0 Å². The molecule has 23 heavy (non-hydrogen) atoms. The van der Waals surface area contributed by atoms with E-state index in [9.17, 15) is 0 Å². The lowest BCUT2D eigenvalue weighted by Gasteiger charge is -2.29. The maximum atomic E-state index is 5.32. The highest BCUT2D eigenvalue weighted by Crippen LogP contribution is 2.15. The van der Waals surface area contributed by atoms with Crippen molar-refractivity contribution in [3.63, 3.8) is 0 Å². The molecule has 1 aromatic heterocycles. The van der Waals surface area contributed by atoms with Crippen molar-refractivity contribution in [2.45, 2.75) is 40.2 Å². The van der Waals surface area contributed by atoms with E-state index in [4.69, 9.17) is 4.52 Å². The van der Waals surface area contributed by atoms with Crippen LogP contribution in [0.25, 0.3) is 0 Å². The summed E-state index contributed by atoms with van der Waals surface area (Å²) in [6.07, 6.45) is 0. The van der Waals surface area contributed by atoms with Crippen LogP contribution in [0.1, 0.15) is 45.1 Å². The van der Waals surface area contributed by atoms with Gasteiger partial charge in [-0.2, -0.15) is 0 Å². The second-order valence-electron chi connectivity index (χ2n) is 7.05. The van der Waals surface area contributed by atoms with Crippen LogP contribution in [-0.4, -0.2) is 50.2 Å². The third-order valence-electron chi connectivity index (χ3n) is 3.30. The summed E-state index contributed by atoms with van der Waals surface area (Å²) in [7, 11) is 5.95. The Labute approximate surface area is 157 Å². The van der Waals surface area contributed by atoms with Crippen molar-refractivity contribution in [2.24, 2.45) is 10.4 Å². The van der Waals surface area contributed by atoms with Crippen LogP contribution in [0.4, 0.5) is 0 Å². The molecule has 0 fully saturated rings. The van der Waals surface area contributed by atoms with Crippen molar-refractivity contribution in [3.8, 4) is 0 Å². The van der Waals surface area contributed by atoms with Gasteiger partial charge in [0.1, 0.15) is 0 Å². The monoisotopic (exact) mass is 437 g/mol. The number of aromatic nitrogens is 1. The van der Waals surface area contributed by atoms with Gasteiger partial charge in [0.05, 0.1) is 12.2 Å². The molecule has 0 radical (unpaired) electrons. The predicted octanol–water partition coefficient (Wildman–Crippen LogP) is 2.67. The van der Waals surface area contributed by atoms with Crippen LogP contribution >= 0.6 is 24.0 Å². The van der Waals surface area contributed by atoms with Crippen LogP contribution in [0.5, 0.6) is 0 Å². The number of hydrogen-bond donors (Lipinski definition) is 2. The zero-order valence-electron chi connectivity index (χ0n) is 15.4. The second kappa shape index (κ2) is 10.1. The molecule has 0 saturated heterocycles. The molecule has 0 aliphatic rings. The van der Waals surface area contributed by atoms with Gasteiger partial charge in [-0.3, -0.25) is 4.99 Å². The maximum absolute atomic E-state index is 5.32. The lowest BCUT2D eigenvalue weighted by molar-refractivity contribution is 0.241. The first-order valence-electron chi connectivity index (χ1n) is 7.78. The van der Waals surface area contributed by atoms with Crippen LogP contribution in [0.2, 0.25) is 0 Å². The molecule has 2 N–H and O–H groups in total. The molecule has 134 valence electrons. The molecule has 0 aliphatic carbocycles. The zero-order chi connectivity index (χ0) is 16.8. The molecule has 0 spiro atoms. The van der Waals surface area contributed by atoms with E-state index in [1.807, 2.05) is 6.07 Å². The van der Waals surface area contributed by atoms with E-state index in [2.05, 4.69) is 67.5 Å². The molecular weight excluding hydrogens is 405 g/mol. The van der Waals surface area contributed by atoms with Gasteiger partial charge in [-0.1, -0.05) is 32.9 Å². The van der Waals surface area contributed by atoms with Gasteiger partial charge in [-0.15, -0.1) is 24.0 Å². The Hall–Kier alpha value is -0.830. The Morgan fingerprint density at radius 2 is 2.00 bits per heavy atom. The average molecular weight is 437 g/mol. The quantitative estimate of drug-likeness (QED) is 0.390. The predicted molar refractivity (Wildman–Crippen MR) is 107 cm³/mol. The minimum Gasteiger partial charge on any atom is -0.359 e. The average Bonchev–Trinajstić information content (AvgIpc) is 2.86. The molecule has 7 heteroatoms. The number of guanidine groups is 1. The van der Waals surface area contributed by atoms with Crippen LogP contribution in [0.15, 0.2) is 15.6 Å². The summed E-state index contributed by atoms with van der Waals surface area (Å²) in [6.45, 7) is 11.1. The summed E-state index contributed by atoms with van der Waals surface area (Å²) in [5.74, 6) is 1.97. The number of rotatable bonds is 7. The van der Waals surface area contributed by atoms with Crippen molar-refractivity contribution in [3.05, 3.63) is 17.5 Å². The standard InChI is InChI=1S/C16H31N5O.HI/c1-12(2)14-8-13(22-20-14)9-18-15(17-5)19-10-16(3,4)11-21(6)7;/h8,12H,9-11H2,1-7H3,(H2,17,18,19);1H. The van der Waals surface area contributed by atoms with Crippen molar-refractivity contribution in [1.29, 1.82) is 0 Å². The fraction of sp³-hybridized carbons (Fsp3) is 0.750. The molecule has 0 bridgehead atoms. The second-order valence-corrected chi connectivity index (χ2v) is 7.05. The Balaban J connectivity index is 0.00000484. The van der Waals surface area contributed by atoms with E-state index < -0.39 is 0 Å². The van der Waals surface area contributed by atoms with E-state index in [1.165, 1.54) is 0 Å². The van der Waals surface area contributed by atoms with E-state index in [-0.39, 0.29) is 29.4 Å². The molecule has 1 aromatic rings. The third kappa shape index (κ3) is 8.55. The van der Waals surface area contributed by atoms with E-state index in [1.54, 1.807) is 7.05 Å². The highest BCUT2D eigenvalue weighted by atomic mass is 127. The molecule has 0 saturated carbocycles. The zero-order valence-corrected chi connectivity index (χ0v) is 17.8.